The molecule has 0 spiro atoms. The second-order valence-electron chi connectivity index (χ2n) is 7.14. The standard InChI is InChI=1S/C24H21N3O4/c1-16-19(17(2)27(25-16)18-8-4-3-5-9-18)12-13-22(28)31-15-14-26-23(29)20-10-6-7-11-21(20)24(26)30/h3-13H,14-15H2,1-2H3/b13-12+. The molecule has 0 unspecified atom stereocenters. The van der Waals surface area contributed by atoms with Crippen LogP contribution in [-0.2, 0) is 9.53 Å². The van der Waals surface area contributed by atoms with E-state index in [0.717, 1.165) is 27.5 Å². The summed E-state index contributed by atoms with van der Waals surface area (Å²) in [5.74, 6) is -1.29. The molecular formula is C24H21N3O4. The van der Waals surface area contributed by atoms with Crippen LogP contribution in [-0.4, -0.2) is 45.6 Å². The largest absolute Gasteiger partial charge is 0.461 e. The molecule has 1 aliphatic rings. The van der Waals surface area contributed by atoms with Crippen LogP contribution in [0.4, 0.5) is 0 Å². The second-order valence-corrected chi connectivity index (χ2v) is 7.14. The van der Waals surface area contributed by atoms with Crippen molar-refractivity contribution in [3.63, 3.8) is 0 Å². The summed E-state index contributed by atoms with van der Waals surface area (Å²) in [7, 11) is 0. The summed E-state index contributed by atoms with van der Waals surface area (Å²) in [6, 6.07) is 16.4. The summed E-state index contributed by atoms with van der Waals surface area (Å²) >= 11 is 0. The number of para-hydroxylation sites is 1. The number of amides is 2. The molecule has 0 saturated heterocycles. The maximum absolute atomic E-state index is 12.3. The quantitative estimate of drug-likeness (QED) is 0.350. The highest BCUT2D eigenvalue weighted by Gasteiger charge is 2.34. The van der Waals surface area contributed by atoms with Gasteiger partial charge < -0.3 is 4.74 Å². The summed E-state index contributed by atoms with van der Waals surface area (Å²) in [6.07, 6.45) is 3.00. The first-order chi connectivity index (χ1) is 15.0. The van der Waals surface area contributed by atoms with E-state index < -0.39 is 5.97 Å². The number of benzene rings is 2. The first-order valence-corrected chi connectivity index (χ1v) is 9.89. The van der Waals surface area contributed by atoms with Crippen LogP contribution in [0, 0.1) is 13.8 Å². The third-order valence-electron chi connectivity index (χ3n) is 5.17. The number of hydrogen-bond acceptors (Lipinski definition) is 5. The lowest BCUT2D eigenvalue weighted by molar-refractivity contribution is -0.137. The van der Waals surface area contributed by atoms with Crippen LogP contribution in [0.15, 0.2) is 60.7 Å². The van der Waals surface area contributed by atoms with E-state index in [0.29, 0.717) is 11.1 Å². The molecular weight excluding hydrogens is 394 g/mol. The zero-order chi connectivity index (χ0) is 22.0. The average Bonchev–Trinajstić information content (AvgIpc) is 3.20. The lowest BCUT2D eigenvalue weighted by atomic mass is 10.1. The van der Waals surface area contributed by atoms with Gasteiger partial charge in [-0.25, -0.2) is 9.48 Å². The van der Waals surface area contributed by atoms with Gasteiger partial charge in [0.1, 0.15) is 6.61 Å². The molecule has 0 aliphatic carbocycles. The van der Waals surface area contributed by atoms with Gasteiger partial charge in [-0.05, 0) is 44.2 Å². The number of fused-ring (bicyclic) bond motifs is 1. The Kier molecular flexibility index (Phi) is 5.49. The van der Waals surface area contributed by atoms with Crippen LogP contribution in [0.5, 0.6) is 0 Å². The van der Waals surface area contributed by atoms with Gasteiger partial charge in [-0.2, -0.15) is 5.10 Å². The van der Waals surface area contributed by atoms with Crippen molar-refractivity contribution < 1.29 is 19.1 Å². The number of hydrogen-bond donors (Lipinski definition) is 0. The summed E-state index contributed by atoms with van der Waals surface area (Å²) < 4.78 is 7.02. The third kappa shape index (κ3) is 3.90. The van der Waals surface area contributed by atoms with Crippen molar-refractivity contribution in [1.82, 2.24) is 14.7 Å². The number of carbonyl (C=O) groups excluding carboxylic acids is 3. The molecule has 4 rings (SSSR count). The number of esters is 1. The topological polar surface area (TPSA) is 81.5 Å². The van der Waals surface area contributed by atoms with Crippen molar-refractivity contribution in [2.45, 2.75) is 13.8 Å². The highest BCUT2D eigenvalue weighted by molar-refractivity contribution is 6.21. The number of aromatic nitrogens is 2. The molecule has 7 nitrogen and oxygen atoms in total. The lowest BCUT2D eigenvalue weighted by Gasteiger charge is -2.13. The van der Waals surface area contributed by atoms with Crippen LogP contribution in [0.2, 0.25) is 0 Å². The minimum absolute atomic E-state index is 0.00984. The molecule has 0 N–H and O–H groups in total. The van der Waals surface area contributed by atoms with Gasteiger partial charge in [0.05, 0.1) is 29.1 Å². The smallest absolute Gasteiger partial charge is 0.330 e. The minimum atomic E-state index is -0.553. The Hall–Kier alpha value is -4.00. The molecule has 0 bridgehead atoms. The van der Waals surface area contributed by atoms with Crippen LogP contribution in [0.1, 0.15) is 37.7 Å². The molecule has 0 atom stereocenters. The van der Waals surface area contributed by atoms with E-state index in [1.54, 1.807) is 30.3 Å². The number of imide groups is 1. The minimum Gasteiger partial charge on any atom is -0.461 e. The van der Waals surface area contributed by atoms with E-state index in [4.69, 9.17) is 4.74 Å². The SMILES string of the molecule is Cc1nn(-c2ccccc2)c(C)c1/C=C/C(=O)OCCN1C(=O)c2ccccc2C1=O. The van der Waals surface area contributed by atoms with E-state index in [2.05, 4.69) is 5.10 Å². The maximum Gasteiger partial charge on any atom is 0.330 e. The molecule has 2 amide bonds. The predicted molar refractivity (Wildman–Crippen MR) is 115 cm³/mol. The molecule has 3 aromatic rings. The van der Waals surface area contributed by atoms with Gasteiger partial charge in [0.15, 0.2) is 0 Å². The maximum atomic E-state index is 12.3. The first-order valence-electron chi connectivity index (χ1n) is 9.89. The summed E-state index contributed by atoms with van der Waals surface area (Å²) in [6.45, 7) is 3.74. The van der Waals surface area contributed by atoms with Crippen molar-refractivity contribution in [1.29, 1.82) is 0 Å². The van der Waals surface area contributed by atoms with Gasteiger partial charge in [-0.15, -0.1) is 0 Å². The van der Waals surface area contributed by atoms with E-state index in [1.807, 2.05) is 48.9 Å². The Morgan fingerprint density at radius 1 is 0.968 bits per heavy atom. The Bertz CT molecular complexity index is 1160. The normalized spacial score (nSPS) is 13.2. The van der Waals surface area contributed by atoms with Crippen molar-refractivity contribution >= 4 is 23.9 Å². The van der Waals surface area contributed by atoms with Crippen LogP contribution in [0.25, 0.3) is 11.8 Å². The Balaban J connectivity index is 1.37. The van der Waals surface area contributed by atoms with Gasteiger partial charge in [-0.1, -0.05) is 30.3 Å². The molecule has 1 aromatic heterocycles. The summed E-state index contributed by atoms with van der Waals surface area (Å²) in [5, 5.41) is 4.54. The van der Waals surface area contributed by atoms with Crippen molar-refractivity contribution in [2.24, 2.45) is 0 Å². The molecule has 1 aliphatic heterocycles. The molecule has 7 heteroatoms. The molecule has 0 fully saturated rings. The zero-order valence-electron chi connectivity index (χ0n) is 17.2. The molecule has 0 saturated carbocycles. The molecule has 2 aromatic carbocycles. The zero-order valence-corrected chi connectivity index (χ0v) is 17.2. The fourth-order valence-corrected chi connectivity index (χ4v) is 3.60. The van der Waals surface area contributed by atoms with Gasteiger partial charge in [-0.3, -0.25) is 14.5 Å². The summed E-state index contributed by atoms with van der Waals surface area (Å²) in [4.78, 5) is 37.9. The van der Waals surface area contributed by atoms with Gasteiger partial charge in [0, 0.05) is 17.3 Å². The van der Waals surface area contributed by atoms with E-state index in [9.17, 15) is 14.4 Å². The molecule has 0 radical (unpaired) electrons. The number of nitrogens with zero attached hydrogens (tertiary/aromatic N) is 3. The molecule has 156 valence electrons. The van der Waals surface area contributed by atoms with Crippen LogP contribution >= 0.6 is 0 Å². The summed E-state index contributed by atoms with van der Waals surface area (Å²) in [5.41, 5.74) is 4.21. The highest BCUT2D eigenvalue weighted by Crippen LogP contribution is 2.22. The van der Waals surface area contributed by atoms with Crippen molar-refractivity contribution in [2.75, 3.05) is 13.2 Å². The van der Waals surface area contributed by atoms with Crippen molar-refractivity contribution in [3.8, 4) is 5.69 Å². The van der Waals surface area contributed by atoms with Gasteiger partial charge in [0.2, 0.25) is 0 Å². The monoisotopic (exact) mass is 415 g/mol. The Morgan fingerprint density at radius 3 is 2.23 bits per heavy atom. The lowest BCUT2D eigenvalue weighted by Crippen LogP contribution is -2.33. The second kappa shape index (κ2) is 8.39. The third-order valence-corrected chi connectivity index (χ3v) is 5.17. The first kappa shape index (κ1) is 20.3. The fourth-order valence-electron chi connectivity index (χ4n) is 3.60. The number of carbonyl (C=O) groups is 3. The highest BCUT2D eigenvalue weighted by atomic mass is 16.5. The average molecular weight is 415 g/mol. The van der Waals surface area contributed by atoms with Crippen LogP contribution in [0.3, 0.4) is 0 Å². The van der Waals surface area contributed by atoms with Crippen molar-refractivity contribution in [3.05, 3.63) is 88.8 Å². The molecule has 2 heterocycles. The Morgan fingerprint density at radius 2 is 1.58 bits per heavy atom. The van der Waals surface area contributed by atoms with Gasteiger partial charge >= 0.3 is 5.97 Å². The van der Waals surface area contributed by atoms with E-state index in [-0.39, 0.29) is 25.0 Å². The fraction of sp³-hybridized carbons (Fsp3) is 0.167. The Labute approximate surface area is 179 Å². The van der Waals surface area contributed by atoms with Gasteiger partial charge in [0.25, 0.3) is 11.8 Å². The van der Waals surface area contributed by atoms with E-state index in [1.165, 1.54) is 6.08 Å². The van der Waals surface area contributed by atoms with Crippen LogP contribution < -0.4 is 0 Å². The van der Waals surface area contributed by atoms with E-state index >= 15 is 0 Å². The number of aryl methyl sites for hydroxylation is 1. The number of rotatable bonds is 6. The molecule has 31 heavy (non-hydrogen) atoms. The predicted octanol–water partition coefficient (Wildman–Crippen LogP) is 3.34. The number of ether oxygens (including phenoxy) is 1.